The van der Waals surface area contributed by atoms with Crippen molar-refractivity contribution in [1.29, 1.82) is 0 Å². The van der Waals surface area contributed by atoms with Crippen LogP contribution in [0.5, 0.6) is 5.75 Å². The lowest BCUT2D eigenvalue weighted by atomic mass is 10.1. The van der Waals surface area contributed by atoms with Crippen molar-refractivity contribution < 1.29 is 5.11 Å². The summed E-state index contributed by atoms with van der Waals surface area (Å²) in [5.41, 5.74) is 6.64. The van der Waals surface area contributed by atoms with Gasteiger partial charge in [0.1, 0.15) is 11.4 Å². The Labute approximate surface area is 152 Å². The summed E-state index contributed by atoms with van der Waals surface area (Å²) >= 11 is 0. The largest absolute Gasteiger partial charge is 0.508 e. The summed E-state index contributed by atoms with van der Waals surface area (Å²) in [7, 11) is 2.02. The van der Waals surface area contributed by atoms with Crippen molar-refractivity contribution in [3.8, 4) is 17.0 Å². The van der Waals surface area contributed by atoms with E-state index >= 15 is 0 Å². The zero-order chi connectivity index (χ0) is 18.1. The first-order valence-corrected chi connectivity index (χ1v) is 8.60. The predicted octanol–water partition coefficient (Wildman–Crippen LogP) is 5.42. The molecule has 0 bridgehead atoms. The summed E-state index contributed by atoms with van der Waals surface area (Å²) in [6.45, 7) is 2.10. The number of phenols is 1. The van der Waals surface area contributed by atoms with E-state index in [1.54, 1.807) is 12.1 Å². The molecule has 0 saturated carbocycles. The van der Waals surface area contributed by atoms with E-state index in [2.05, 4.69) is 59.0 Å². The molecular weight excluding hydrogens is 320 g/mol. The average Bonchev–Trinajstić information content (AvgIpc) is 2.98. The van der Waals surface area contributed by atoms with Gasteiger partial charge in [-0.05, 0) is 60.0 Å². The molecule has 2 heterocycles. The zero-order valence-electron chi connectivity index (χ0n) is 14.8. The minimum atomic E-state index is 0.271. The fourth-order valence-electron chi connectivity index (χ4n) is 3.25. The number of fused-ring (bicyclic) bond motifs is 1. The van der Waals surface area contributed by atoms with Crippen molar-refractivity contribution in [1.82, 2.24) is 9.55 Å². The van der Waals surface area contributed by atoms with E-state index in [9.17, 15) is 5.11 Å². The summed E-state index contributed by atoms with van der Waals surface area (Å²) in [6.07, 6.45) is 6.12. The Morgan fingerprint density at radius 1 is 0.962 bits per heavy atom. The van der Waals surface area contributed by atoms with E-state index < -0.39 is 0 Å². The van der Waals surface area contributed by atoms with Crippen molar-refractivity contribution in [3.63, 3.8) is 0 Å². The maximum absolute atomic E-state index is 9.53. The van der Waals surface area contributed by atoms with Crippen LogP contribution >= 0.6 is 0 Å². The number of rotatable bonds is 3. The van der Waals surface area contributed by atoms with Gasteiger partial charge in [-0.3, -0.25) is 0 Å². The van der Waals surface area contributed by atoms with Crippen LogP contribution in [0.3, 0.4) is 0 Å². The Hall–Kier alpha value is -3.33. The standard InChI is InChI=1S/C23H20N2O/c1-16-4-3-5-17(14-16)6-7-18-12-13-24-23-21(18)15-22(25(23)2)19-8-10-20(26)11-9-19/h3-15,26H,1-2H3. The van der Waals surface area contributed by atoms with Crippen LogP contribution in [-0.2, 0) is 7.05 Å². The number of pyridine rings is 1. The quantitative estimate of drug-likeness (QED) is 0.540. The van der Waals surface area contributed by atoms with Gasteiger partial charge in [-0.2, -0.15) is 0 Å². The van der Waals surface area contributed by atoms with Crippen LogP contribution in [0.15, 0.2) is 66.9 Å². The van der Waals surface area contributed by atoms with Crippen LogP contribution < -0.4 is 0 Å². The van der Waals surface area contributed by atoms with Crippen LogP contribution in [0.4, 0.5) is 0 Å². The summed E-state index contributed by atoms with van der Waals surface area (Å²) in [5, 5.41) is 10.6. The topological polar surface area (TPSA) is 38.1 Å². The van der Waals surface area contributed by atoms with E-state index in [-0.39, 0.29) is 5.75 Å². The van der Waals surface area contributed by atoms with Gasteiger partial charge in [0.2, 0.25) is 0 Å². The number of phenolic OH excluding ortho intramolecular Hbond substituents is 1. The number of hydrogen-bond acceptors (Lipinski definition) is 2. The zero-order valence-corrected chi connectivity index (χ0v) is 14.8. The van der Waals surface area contributed by atoms with Gasteiger partial charge in [0, 0.05) is 18.6 Å². The first-order valence-electron chi connectivity index (χ1n) is 8.60. The average molecular weight is 340 g/mol. The summed E-state index contributed by atoms with van der Waals surface area (Å²) in [6, 6.07) is 19.9. The second kappa shape index (κ2) is 6.52. The number of aromatic hydroxyl groups is 1. The molecule has 4 aromatic rings. The van der Waals surface area contributed by atoms with Gasteiger partial charge in [0.05, 0.1) is 5.69 Å². The molecule has 0 spiro atoms. The van der Waals surface area contributed by atoms with Gasteiger partial charge in [0.15, 0.2) is 0 Å². The Balaban J connectivity index is 1.79. The smallest absolute Gasteiger partial charge is 0.140 e. The lowest BCUT2D eigenvalue weighted by molar-refractivity contribution is 0.475. The normalized spacial score (nSPS) is 11.5. The van der Waals surface area contributed by atoms with Gasteiger partial charge in [-0.1, -0.05) is 42.0 Å². The lowest BCUT2D eigenvalue weighted by Crippen LogP contribution is -1.92. The second-order valence-corrected chi connectivity index (χ2v) is 6.52. The van der Waals surface area contributed by atoms with Crippen LogP contribution in [0.25, 0.3) is 34.4 Å². The van der Waals surface area contributed by atoms with Crippen molar-refractivity contribution in [3.05, 3.63) is 83.6 Å². The Kier molecular flexibility index (Phi) is 4.05. The lowest BCUT2D eigenvalue weighted by Gasteiger charge is -2.04. The molecule has 3 heteroatoms. The number of aryl methyl sites for hydroxylation is 2. The molecule has 0 aliphatic carbocycles. The molecule has 0 atom stereocenters. The van der Waals surface area contributed by atoms with Crippen molar-refractivity contribution >= 4 is 23.2 Å². The second-order valence-electron chi connectivity index (χ2n) is 6.52. The molecule has 0 saturated heterocycles. The molecule has 0 aliphatic rings. The van der Waals surface area contributed by atoms with E-state index in [0.29, 0.717) is 0 Å². The Bertz CT molecular complexity index is 1100. The van der Waals surface area contributed by atoms with Gasteiger partial charge in [-0.15, -0.1) is 0 Å². The van der Waals surface area contributed by atoms with Crippen LogP contribution in [0.1, 0.15) is 16.7 Å². The first kappa shape index (κ1) is 16.2. The van der Waals surface area contributed by atoms with Gasteiger partial charge in [-0.25, -0.2) is 4.98 Å². The fourth-order valence-corrected chi connectivity index (χ4v) is 3.25. The number of aromatic nitrogens is 2. The number of benzene rings is 2. The monoisotopic (exact) mass is 340 g/mol. The highest BCUT2D eigenvalue weighted by atomic mass is 16.3. The molecule has 0 unspecified atom stereocenters. The van der Waals surface area contributed by atoms with Crippen LogP contribution in [0, 0.1) is 6.92 Å². The van der Waals surface area contributed by atoms with Crippen LogP contribution in [0.2, 0.25) is 0 Å². The minimum absolute atomic E-state index is 0.271. The highest BCUT2D eigenvalue weighted by molar-refractivity contribution is 5.93. The van der Waals surface area contributed by atoms with Crippen molar-refractivity contribution in [2.45, 2.75) is 6.92 Å². The Morgan fingerprint density at radius 3 is 2.54 bits per heavy atom. The molecule has 26 heavy (non-hydrogen) atoms. The van der Waals surface area contributed by atoms with Crippen molar-refractivity contribution in [2.24, 2.45) is 7.05 Å². The highest BCUT2D eigenvalue weighted by Crippen LogP contribution is 2.29. The summed E-state index contributed by atoms with van der Waals surface area (Å²) in [4.78, 5) is 4.55. The molecule has 0 amide bonds. The van der Waals surface area contributed by atoms with Gasteiger partial charge in [0.25, 0.3) is 0 Å². The van der Waals surface area contributed by atoms with Crippen molar-refractivity contribution in [2.75, 3.05) is 0 Å². The first-order chi connectivity index (χ1) is 12.6. The third-order valence-corrected chi connectivity index (χ3v) is 4.62. The van der Waals surface area contributed by atoms with E-state index in [1.165, 1.54) is 11.1 Å². The molecule has 4 rings (SSSR count). The highest BCUT2D eigenvalue weighted by Gasteiger charge is 2.11. The third kappa shape index (κ3) is 3.00. The SMILES string of the molecule is Cc1cccc(C=Cc2ccnc3c2cc(-c2ccc(O)cc2)n3C)c1. The summed E-state index contributed by atoms with van der Waals surface area (Å²) < 4.78 is 2.09. The maximum atomic E-state index is 9.53. The molecule has 0 fully saturated rings. The third-order valence-electron chi connectivity index (χ3n) is 4.62. The van der Waals surface area contributed by atoms with Gasteiger partial charge < -0.3 is 9.67 Å². The molecule has 1 N–H and O–H groups in total. The van der Waals surface area contributed by atoms with Crippen LogP contribution in [-0.4, -0.2) is 14.7 Å². The molecule has 0 radical (unpaired) electrons. The predicted molar refractivity (Wildman–Crippen MR) is 108 cm³/mol. The minimum Gasteiger partial charge on any atom is -0.508 e. The number of hydrogen-bond donors (Lipinski definition) is 1. The fraction of sp³-hybridized carbons (Fsp3) is 0.0870. The molecule has 2 aromatic heterocycles. The van der Waals surface area contributed by atoms with Gasteiger partial charge >= 0.3 is 0 Å². The number of nitrogens with zero attached hydrogens (tertiary/aromatic N) is 2. The summed E-state index contributed by atoms with van der Waals surface area (Å²) in [5.74, 6) is 0.271. The Morgan fingerprint density at radius 2 is 1.77 bits per heavy atom. The molecule has 3 nitrogen and oxygen atoms in total. The molecular formula is C23H20N2O. The van der Waals surface area contributed by atoms with E-state index in [4.69, 9.17) is 0 Å². The molecule has 2 aromatic carbocycles. The molecule has 128 valence electrons. The van der Waals surface area contributed by atoms with E-state index in [0.717, 1.165) is 27.9 Å². The van der Waals surface area contributed by atoms with E-state index in [1.807, 2.05) is 31.4 Å². The maximum Gasteiger partial charge on any atom is 0.140 e. The molecule has 0 aliphatic heterocycles.